The predicted molar refractivity (Wildman–Crippen MR) is 110 cm³/mol. The molecule has 2 amide bonds. The summed E-state index contributed by atoms with van der Waals surface area (Å²) in [7, 11) is 0. The van der Waals surface area contributed by atoms with Gasteiger partial charge in [-0.2, -0.15) is 0 Å². The Labute approximate surface area is 169 Å². The molecule has 0 radical (unpaired) electrons. The molecule has 4 rings (SSSR count). The van der Waals surface area contributed by atoms with Crippen molar-refractivity contribution in [1.29, 1.82) is 0 Å². The van der Waals surface area contributed by atoms with Crippen molar-refractivity contribution in [1.82, 2.24) is 19.6 Å². The van der Waals surface area contributed by atoms with Crippen molar-refractivity contribution in [2.24, 2.45) is 5.73 Å². The monoisotopic (exact) mass is 391 g/mol. The van der Waals surface area contributed by atoms with Crippen molar-refractivity contribution >= 4 is 17.3 Å². The van der Waals surface area contributed by atoms with Gasteiger partial charge in [-0.3, -0.25) is 9.59 Å². The molecule has 0 unspecified atom stereocenters. The highest BCUT2D eigenvalue weighted by Gasteiger charge is 2.34. The Morgan fingerprint density at radius 2 is 2.00 bits per heavy atom. The number of amides is 2. The van der Waals surface area contributed by atoms with Crippen LogP contribution in [-0.2, 0) is 4.79 Å². The highest BCUT2D eigenvalue weighted by molar-refractivity contribution is 6.00. The first kappa shape index (κ1) is 19.1. The van der Waals surface area contributed by atoms with E-state index in [1.165, 1.54) is 0 Å². The molecule has 1 saturated heterocycles. The number of nitrogens with zero attached hydrogens (tertiary/aromatic N) is 3. The van der Waals surface area contributed by atoms with Crippen LogP contribution in [0.5, 0.6) is 0 Å². The maximum atomic E-state index is 13.3. The van der Waals surface area contributed by atoms with Gasteiger partial charge in [-0.15, -0.1) is 0 Å². The first-order valence-electron chi connectivity index (χ1n) is 9.85. The summed E-state index contributed by atoms with van der Waals surface area (Å²) in [6.07, 6.45) is 6.01. The molecule has 2 aromatic heterocycles. The Morgan fingerprint density at radius 3 is 2.76 bits per heavy atom. The molecule has 3 aromatic rings. The van der Waals surface area contributed by atoms with E-state index in [0.717, 1.165) is 17.5 Å². The van der Waals surface area contributed by atoms with Crippen LogP contribution in [-0.4, -0.2) is 51.3 Å². The molecule has 1 fully saturated rings. The van der Waals surface area contributed by atoms with Crippen LogP contribution < -0.4 is 11.1 Å². The number of hydrogen-bond acceptors (Lipinski definition) is 4. The molecular formula is C22H25N5O2. The van der Waals surface area contributed by atoms with Gasteiger partial charge >= 0.3 is 0 Å². The lowest BCUT2D eigenvalue weighted by Gasteiger charge is -2.39. The summed E-state index contributed by atoms with van der Waals surface area (Å²) in [5, 5.41) is 3.06. The van der Waals surface area contributed by atoms with Crippen molar-refractivity contribution in [2.75, 3.05) is 13.1 Å². The summed E-state index contributed by atoms with van der Waals surface area (Å²) in [6.45, 7) is 2.73. The van der Waals surface area contributed by atoms with Gasteiger partial charge in [0.15, 0.2) is 0 Å². The third-order valence-electron chi connectivity index (χ3n) is 5.55. The number of rotatable bonds is 4. The maximum Gasteiger partial charge on any atom is 0.256 e. The molecule has 0 saturated carbocycles. The van der Waals surface area contributed by atoms with Crippen LogP contribution in [0.4, 0.5) is 0 Å². The fraction of sp³-hybridized carbons (Fsp3) is 0.318. The van der Waals surface area contributed by atoms with Crippen molar-refractivity contribution in [3.05, 3.63) is 72.3 Å². The number of pyridine rings is 1. The van der Waals surface area contributed by atoms with Crippen molar-refractivity contribution in [3.8, 4) is 0 Å². The summed E-state index contributed by atoms with van der Waals surface area (Å²) in [6, 6.07) is 13.0. The third kappa shape index (κ3) is 3.86. The highest BCUT2D eigenvalue weighted by Crippen LogP contribution is 2.29. The van der Waals surface area contributed by atoms with Gasteiger partial charge in [-0.1, -0.05) is 30.3 Å². The van der Waals surface area contributed by atoms with E-state index in [1.54, 1.807) is 19.4 Å². The molecular weight excluding hydrogens is 366 g/mol. The van der Waals surface area contributed by atoms with Gasteiger partial charge in [0.25, 0.3) is 5.91 Å². The zero-order valence-electron chi connectivity index (χ0n) is 16.4. The Kier molecular flexibility index (Phi) is 5.31. The Balaban J connectivity index is 1.60. The van der Waals surface area contributed by atoms with E-state index in [0.29, 0.717) is 18.7 Å². The maximum absolute atomic E-state index is 13.3. The van der Waals surface area contributed by atoms with Crippen LogP contribution in [0.1, 0.15) is 35.2 Å². The summed E-state index contributed by atoms with van der Waals surface area (Å²) in [4.78, 5) is 31.5. The zero-order valence-corrected chi connectivity index (χ0v) is 16.4. The number of carbonyl (C=O) groups is 2. The summed E-state index contributed by atoms with van der Waals surface area (Å²) >= 11 is 0. The molecule has 7 heteroatoms. The number of nitrogens with one attached hydrogen (secondary N) is 1. The van der Waals surface area contributed by atoms with Crippen molar-refractivity contribution in [2.45, 2.75) is 31.3 Å². The Hall–Kier alpha value is -3.19. The standard InChI is InChI=1S/C22H25N5O2/c1-15(23)21(28)25-19-13-26(11-9-17(19)16-6-3-2-4-7-16)22(29)18-8-5-10-27-14-24-12-20(18)27/h2-8,10,12,14-15,17,19H,9,11,13,23H2,1H3,(H,25,28)/t15-,17+,19-/m1/s1. The first-order chi connectivity index (χ1) is 14.0. The summed E-state index contributed by atoms with van der Waals surface area (Å²) in [5.74, 6) is -0.125. The van der Waals surface area contributed by atoms with Crippen molar-refractivity contribution in [3.63, 3.8) is 0 Å². The SMILES string of the molecule is C[C@@H](N)C(=O)N[C@@H]1CN(C(=O)c2cccn3cncc23)CC[C@H]1c1ccccc1. The van der Waals surface area contributed by atoms with E-state index in [2.05, 4.69) is 22.4 Å². The number of likely N-dealkylation sites (tertiary alicyclic amines) is 1. The van der Waals surface area contributed by atoms with Crippen LogP contribution >= 0.6 is 0 Å². The molecule has 3 N–H and O–H groups in total. The molecule has 1 aliphatic rings. The fourth-order valence-electron chi connectivity index (χ4n) is 4.00. The molecule has 0 bridgehead atoms. The number of nitrogens with two attached hydrogens (primary N) is 1. The van der Waals surface area contributed by atoms with Gasteiger partial charge in [0.1, 0.15) is 0 Å². The lowest BCUT2D eigenvalue weighted by atomic mass is 9.85. The Morgan fingerprint density at radius 1 is 1.21 bits per heavy atom. The fourth-order valence-corrected chi connectivity index (χ4v) is 4.00. The molecule has 7 nitrogen and oxygen atoms in total. The summed E-state index contributed by atoms with van der Waals surface area (Å²) in [5.41, 5.74) is 8.32. The largest absolute Gasteiger partial charge is 0.350 e. The highest BCUT2D eigenvalue weighted by atomic mass is 16.2. The van der Waals surface area contributed by atoms with Crippen LogP contribution in [0.25, 0.3) is 5.52 Å². The first-order valence-corrected chi connectivity index (χ1v) is 9.85. The van der Waals surface area contributed by atoms with Gasteiger partial charge in [0, 0.05) is 25.2 Å². The number of benzene rings is 1. The average molecular weight is 391 g/mol. The number of carbonyl (C=O) groups excluding carboxylic acids is 2. The molecule has 1 aliphatic heterocycles. The summed E-state index contributed by atoms with van der Waals surface area (Å²) < 4.78 is 1.83. The minimum absolute atomic E-state index is 0.0531. The second-order valence-corrected chi connectivity index (χ2v) is 7.57. The normalized spacial score (nSPS) is 20.4. The zero-order chi connectivity index (χ0) is 20.4. The number of imidazole rings is 1. The van der Waals surface area contributed by atoms with Gasteiger partial charge < -0.3 is 20.4 Å². The quantitative estimate of drug-likeness (QED) is 0.709. The Bertz CT molecular complexity index is 1010. The number of aromatic nitrogens is 2. The molecule has 3 atom stereocenters. The van der Waals surface area contributed by atoms with Gasteiger partial charge in [-0.05, 0) is 31.0 Å². The molecule has 1 aromatic carbocycles. The molecule has 0 spiro atoms. The predicted octanol–water partition coefficient (Wildman–Crippen LogP) is 1.80. The number of fused-ring (bicyclic) bond motifs is 1. The number of piperidine rings is 1. The van der Waals surface area contributed by atoms with E-state index in [9.17, 15) is 9.59 Å². The van der Waals surface area contributed by atoms with E-state index in [1.807, 2.05) is 45.8 Å². The molecule has 0 aliphatic carbocycles. The van der Waals surface area contributed by atoms with Crippen molar-refractivity contribution < 1.29 is 9.59 Å². The van der Waals surface area contributed by atoms with E-state index < -0.39 is 6.04 Å². The minimum Gasteiger partial charge on any atom is -0.350 e. The lowest BCUT2D eigenvalue weighted by molar-refractivity contribution is -0.123. The minimum atomic E-state index is -0.599. The molecule has 3 heterocycles. The third-order valence-corrected chi connectivity index (χ3v) is 5.55. The van der Waals surface area contributed by atoms with E-state index in [-0.39, 0.29) is 23.8 Å². The van der Waals surface area contributed by atoms with Crippen LogP contribution in [0.2, 0.25) is 0 Å². The van der Waals surface area contributed by atoms with E-state index >= 15 is 0 Å². The average Bonchev–Trinajstić information content (AvgIpc) is 3.22. The smallest absolute Gasteiger partial charge is 0.256 e. The topological polar surface area (TPSA) is 92.7 Å². The van der Waals surface area contributed by atoms with Gasteiger partial charge in [0.05, 0.1) is 35.7 Å². The second kappa shape index (κ2) is 8.05. The van der Waals surface area contributed by atoms with Crippen LogP contribution in [0.3, 0.4) is 0 Å². The second-order valence-electron chi connectivity index (χ2n) is 7.57. The van der Waals surface area contributed by atoms with Gasteiger partial charge in [-0.25, -0.2) is 4.98 Å². The molecule has 29 heavy (non-hydrogen) atoms. The molecule has 150 valence electrons. The number of hydrogen-bond donors (Lipinski definition) is 2. The van der Waals surface area contributed by atoms with Gasteiger partial charge in [0.2, 0.25) is 5.91 Å². The van der Waals surface area contributed by atoms with E-state index in [4.69, 9.17) is 5.73 Å². The van der Waals surface area contributed by atoms with Crippen LogP contribution in [0, 0.1) is 0 Å². The lowest BCUT2D eigenvalue weighted by Crippen LogP contribution is -2.55. The van der Waals surface area contributed by atoms with Crippen LogP contribution in [0.15, 0.2) is 61.2 Å².